The smallest absolute Gasteiger partial charge is 0.251 e. The van der Waals surface area contributed by atoms with Crippen molar-refractivity contribution in [1.82, 2.24) is 5.32 Å². The molecule has 3 aromatic rings. The molecule has 0 saturated heterocycles. The molecule has 3 rings (SSSR count). The van der Waals surface area contributed by atoms with Gasteiger partial charge in [-0.25, -0.2) is 8.42 Å². The summed E-state index contributed by atoms with van der Waals surface area (Å²) in [6.07, 6.45) is 1.17. The average molecular weight is 410 g/mol. The topological polar surface area (TPSA) is 72.5 Å². The Balaban J connectivity index is 1.58. The van der Waals surface area contributed by atoms with Crippen molar-refractivity contribution in [3.8, 4) is 5.75 Å². The summed E-state index contributed by atoms with van der Waals surface area (Å²) in [7, 11) is -3.24. The zero-order chi connectivity index (χ0) is 20.9. The molecule has 0 bridgehead atoms. The Hall–Kier alpha value is -3.12. The predicted octanol–water partition coefficient (Wildman–Crippen LogP) is 4.16. The summed E-state index contributed by atoms with van der Waals surface area (Å²) in [4.78, 5) is 12.8. The van der Waals surface area contributed by atoms with Crippen LogP contribution in [0.4, 0.5) is 0 Å². The minimum absolute atomic E-state index is 0.194. The van der Waals surface area contributed by atoms with Gasteiger partial charge >= 0.3 is 0 Å². The van der Waals surface area contributed by atoms with Crippen LogP contribution in [0.15, 0.2) is 83.8 Å². The highest BCUT2D eigenvalue weighted by Crippen LogP contribution is 2.17. The van der Waals surface area contributed by atoms with Crippen molar-refractivity contribution in [2.24, 2.45) is 0 Å². The Kier molecular flexibility index (Phi) is 6.34. The van der Waals surface area contributed by atoms with E-state index in [2.05, 4.69) is 5.32 Å². The quantitative estimate of drug-likeness (QED) is 0.636. The number of sulfone groups is 1. The fourth-order valence-corrected chi connectivity index (χ4v) is 3.43. The summed E-state index contributed by atoms with van der Waals surface area (Å²) in [6, 6.07) is 23.1. The number of benzene rings is 3. The molecular weight excluding hydrogens is 386 g/mol. The van der Waals surface area contributed by atoms with Gasteiger partial charge in [0.05, 0.1) is 10.9 Å². The van der Waals surface area contributed by atoms with Crippen LogP contribution in [-0.2, 0) is 16.4 Å². The van der Waals surface area contributed by atoms with Crippen LogP contribution in [0.5, 0.6) is 5.75 Å². The van der Waals surface area contributed by atoms with E-state index in [0.29, 0.717) is 12.2 Å². The maximum absolute atomic E-state index is 12.5. The first-order valence-corrected chi connectivity index (χ1v) is 11.1. The first-order chi connectivity index (χ1) is 13.8. The van der Waals surface area contributed by atoms with Crippen LogP contribution < -0.4 is 10.1 Å². The molecule has 0 aliphatic rings. The van der Waals surface area contributed by atoms with Gasteiger partial charge in [-0.2, -0.15) is 0 Å². The number of carbonyl (C=O) groups is 1. The van der Waals surface area contributed by atoms with Crippen LogP contribution >= 0.6 is 0 Å². The molecule has 0 fully saturated rings. The minimum atomic E-state index is -3.24. The third kappa shape index (κ3) is 5.68. The first-order valence-electron chi connectivity index (χ1n) is 9.20. The molecule has 0 saturated carbocycles. The Morgan fingerprint density at radius 2 is 1.55 bits per heavy atom. The molecule has 0 aromatic heterocycles. The minimum Gasteiger partial charge on any atom is -0.489 e. The third-order valence-electron chi connectivity index (χ3n) is 4.52. The largest absolute Gasteiger partial charge is 0.489 e. The highest BCUT2D eigenvalue weighted by molar-refractivity contribution is 7.90. The summed E-state index contributed by atoms with van der Waals surface area (Å²) in [6.45, 7) is 2.28. The molecule has 1 N–H and O–H groups in total. The van der Waals surface area contributed by atoms with E-state index in [1.807, 2.05) is 49.4 Å². The second-order valence-corrected chi connectivity index (χ2v) is 8.85. The lowest BCUT2D eigenvalue weighted by Crippen LogP contribution is -2.26. The van der Waals surface area contributed by atoms with Gasteiger partial charge in [-0.15, -0.1) is 0 Å². The van der Waals surface area contributed by atoms with Crippen LogP contribution in [0.3, 0.4) is 0 Å². The molecule has 0 radical (unpaired) electrons. The van der Waals surface area contributed by atoms with Gasteiger partial charge < -0.3 is 10.1 Å². The summed E-state index contributed by atoms with van der Waals surface area (Å²) in [5.74, 6) is 0.602. The summed E-state index contributed by atoms with van der Waals surface area (Å²) >= 11 is 0. The molecule has 1 unspecified atom stereocenters. The van der Waals surface area contributed by atoms with Gasteiger partial charge in [0.1, 0.15) is 12.4 Å². The molecule has 1 atom stereocenters. The molecule has 0 aliphatic carbocycles. The third-order valence-corrected chi connectivity index (χ3v) is 5.65. The molecule has 150 valence electrons. The predicted molar refractivity (Wildman–Crippen MR) is 113 cm³/mol. The molecule has 0 spiro atoms. The molecule has 1 amide bonds. The van der Waals surface area contributed by atoms with Crippen molar-refractivity contribution < 1.29 is 17.9 Å². The number of para-hydroxylation sites is 1. The van der Waals surface area contributed by atoms with Gasteiger partial charge in [0.25, 0.3) is 5.91 Å². The summed E-state index contributed by atoms with van der Waals surface area (Å²) < 4.78 is 28.8. The Bertz CT molecular complexity index is 1060. The summed E-state index contributed by atoms with van der Waals surface area (Å²) in [5, 5.41) is 2.93. The van der Waals surface area contributed by atoms with Gasteiger partial charge in [0.15, 0.2) is 9.84 Å². The van der Waals surface area contributed by atoms with E-state index in [9.17, 15) is 13.2 Å². The maximum atomic E-state index is 12.5. The van der Waals surface area contributed by atoms with Gasteiger partial charge in [-0.05, 0) is 54.4 Å². The van der Waals surface area contributed by atoms with Crippen LogP contribution in [0, 0.1) is 0 Å². The van der Waals surface area contributed by atoms with Crippen molar-refractivity contribution >= 4 is 15.7 Å². The van der Waals surface area contributed by atoms with Crippen LogP contribution in [0.1, 0.15) is 34.5 Å². The zero-order valence-corrected chi connectivity index (χ0v) is 17.1. The van der Waals surface area contributed by atoms with Crippen molar-refractivity contribution in [2.75, 3.05) is 6.26 Å². The fraction of sp³-hybridized carbons (Fsp3) is 0.174. The molecule has 6 heteroatoms. The maximum Gasteiger partial charge on any atom is 0.251 e. The number of carbonyl (C=O) groups excluding carboxylic acids is 1. The van der Waals surface area contributed by atoms with E-state index >= 15 is 0 Å². The van der Waals surface area contributed by atoms with E-state index in [1.54, 1.807) is 36.4 Å². The van der Waals surface area contributed by atoms with Gasteiger partial charge in [0, 0.05) is 11.8 Å². The molecule has 0 aliphatic heterocycles. The molecule has 5 nitrogen and oxygen atoms in total. The monoisotopic (exact) mass is 409 g/mol. The van der Waals surface area contributed by atoms with Crippen LogP contribution in [0.25, 0.3) is 0 Å². The molecule has 29 heavy (non-hydrogen) atoms. The van der Waals surface area contributed by atoms with E-state index < -0.39 is 9.84 Å². The molecule has 3 aromatic carbocycles. The number of amides is 1. The van der Waals surface area contributed by atoms with Gasteiger partial charge in [-0.3, -0.25) is 4.79 Å². The van der Waals surface area contributed by atoms with Gasteiger partial charge in [-0.1, -0.05) is 42.5 Å². The number of hydrogen-bond donors (Lipinski definition) is 1. The van der Waals surface area contributed by atoms with E-state index in [0.717, 1.165) is 16.9 Å². The second-order valence-electron chi connectivity index (χ2n) is 6.84. The van der Waals surface area contributed by atoms with Crippen molar-refractivity contribution in [1.29, 1.82) is 0 Å². The van der Waals surface area contributed by atoms with Crippen molar-refractivity contribution in [2.45, 2.75) is 24.5 Å². The Labute approximate surface area is 171 Å². The Morgan fingerprint density at radius 3 is 2.14 bits per heavy atom. The van der Waals surface area contributed by atoms with E-state index in [4.69, 9.17) is 4.74 Å². The number of rotatable bonds is 7. The molecule has 0 heterocycles. The highest BCUT2D eigenvalue weighted by Gasteiger charge is 2.13. The number of nitrogens with one attached hydrogen (secondary N) is 1. The normalized spacial score (nSPS) is 12.2. The van der Waals surface area contributed by atoms with Crippen molar-refractivity contribution in [3.63, 3.8) is 0 Å². The number of hydrogen-bond acceptors (Lipinski definition) is 4. The van der Waals surface area contributed by atoms with E-state index in [-0.39, 0.29) is 16.8 Å². The van der Waals surface area contributed by atoms with Gasteiger partial charge in [0.2, 0.25) is 0 Å². The summed E-state index contributed by atoms with van der Waals surface area (Å²) in [5.41, 5.74) is 2.35. The standard InChI is InChI=1S/C23H23NO4S/c1-17(19-12-14-22(15-13-19)29(2,26)27)24-23(25)20-10-8-18(9-11-20)16-28-21-6-4-3-5-7-21/h3-15,17H,16H2,1-2H3,(H,24,25). The first kappa shape index (κ1) is 20.6. The second kappa shape index (κ2) is 8.92. The van der Waals surface area contributed by atoms with Crippen LogP contribution in [-0.4, -0.2) is 20.6 Å². The number of ether oxygens (including phenoxy) is 1. The lowest BCUT2D eigenvalue weighted by Gasteiger charge is -2.15. The SMILES string of the molecule is CC(NC(=O)c1ccc(COc2ccccc2)cc1)c1ccc(S(C)(=O)=O)cc1. The lowest BCUT2D eigenvalue weighted by molar-refractivity contribution is 0.0940. The van der Waals surface area contributed by atoms with Crippen LogP contribution in [0.2, 0.25) is 0 Å². The Morgan fingerprint density at radius 1 is 0.931 bits per heavy atom. The average Bonchev–Trinajstić information content (AvgIpc) is 2.73. The van der Waals surface area contributed by atoms with E-state index in [1.165, 1.54) is 6.26 Å². The molecular formula is C23H23NO4S. The highest BCUT2D eigenvalue weighted by atomic mass is 32.2. The van der Waals surface area contributed by atoms with Crippen molar-refractivity contribution in [3.05, 3.63) is 95.6 Å². The lowest BCUT2D eigenvalue weighted by atomic mass is 10.1. The fourth-order valence-electron chi connectivity index (χ4n) is 2.80. The zero-order valence-electron chi connectivity index (χ0n) is 16.3.